The Morgan fingerprint density at radius 2 is 1.20 bits per heavy atom. The second kappa shape index (κ2) is 9.20. The Morgan fingerprint density at radius 1 is 0.840 bits per heavy atom. The summed E-state index contributed by atoms with van der Waals surface area (Å²) in [6.45, 7) is 8.44. The molecule has 0 bridgehead atoms. The van der Waals surface area contributed by atoms with E-state index in [0.717, 1.165) is 5.56 Å². The van der Waals surface area contributed by atoms with Gasteiger partial charge < -0.3 is 14.2 Å². The first-order chi connectivity index (χ1) is 11.9. The van der Waals surface area contributed by atoms with Crippen LogP contribution < -0.4 is 0 Å². The van der Waals surface area contributed by atoms with Crippen LogP contribution >= 0.6 is 0 Å². The van der Waals surface area contributed by atoms with Crippen molar-refractivity contribution in [2.24, 2.45) is 5.41 Å². The molecule has 6 nitrogen and oxygen atoms in total. The molecule has 1 atom stereocenters. The third kappa shape index (κ3) is 4.18. The van der Waals surface area contributed by atoms with Crippen molar-refractivity contribution in [3.8, 4) is 0 Å². The molecular weight excluding hydrogens is 324 g/mol. The van der Waals surface area contributed by atoms with Gasteiger partial charge in [-0.3, -0.25) is 14.4 Å². The minimum Gasteiger partial charge on any atom is -0.465 e. The Kier molecular flexibility index (Phi) is 7.61. The lowest BCUT2D eigenvalue weighted by Crippen LogP contribution is -2.52. The number of hydrogen-bond donors (Lipinski definition) is 0. The zero-order valence-electron chi connectivity index (χ0n) is 15.5. The van der Waals surface area contributed by atoms with E-state index in [-0.39, 0.29) is 19.8 Å². The van der Waals surface area contributed by atoms with Crippen LogP contribution in [-0.4, -0.2) is 37.7 Å². The minimum atomic E-state index is -2.20. The maximum absolute atomic E-state index is 12.8. The van der Waals surface area contributed by atoms with Crippen molar-refractivity contribution in [1.82, 2.24) is 0 Å². The van der Waals surface area contributed by atoms with E-state index in [1.807, 2.05) is 19.1 Å². The molecule has 0 unspecified atom stereocenters. The molecule has 6 heteroatoms. The zero-order chi connectivity index (χ0) is 19.0. The Balaban J connectivity index is 3.54. The van der Waals surface area contributed by atoms with Crippen molar-refractivity contribution in [2.45, 2.75) is 40.5 Å². The van der Waals surface area contributed by atoms with Crippen LogP contribution in [0.2, 0.25) is 0 Å². The van der Waals surface area contributed by atoms with Gasteiger partial charge in [-0.05, 0) is 33.3 Å². The summed E-state index contributed by atoms with van der Waals surface area (Å²) in [5.74, 6) is -3.69. The Bertz CT molecular complexity index is 559. The lowest BCUT2D eigenvalue weighted by atomic mass is 9.72. The van der Waals surface area contributed by atoms with E-state index in [1.165, 1.54) is 0 Å². The lowest BCUT2D eigenvalue weighted by Gasteiger charge is -2.32. The number of ether oxygens (including phenoxy) is 3. The standard InChI is InChI=1S/C19H26O6/c1-6-23-16(20)19(17(21)24-7-2,18(22)25-8-3)14(5)15-11-9-13(4)10-12-15/h9-12,14H,6-8H2,1-5H3/t14-/m1/s1. The Hall–Kier alpha value is -2.37. The summed E-state index contributed by atoms with van der Waals surface area (Å²) in [6.07, 6.45) is 0. The van der Waals surface area contributed by atoms with E-state index in [9.17, 15) is 14.4 Å². The fraction of sp³-hybridized carbons (Fsp3) is 0.526. The van der Waals surface area contributed by atoms with Gasteiger partial charge in [-0.25, -0.2) is 0 Å². The highest BCUT2D eigenvalue weighted by molar-refractivity contribution is 6.19. The van der Waals surface area contributed by atoms with Gasteiger partial charge in [0.05, 0.1) is 19.8 Å². The first-order valence-corrected chi connectivity index (χ1v) is 8.44. The number of benzene rings is 1. The summed E-state index contributed by atoms with van der Waals surface area (Å²) in [5, 5.41) is 0. The van der Waals surface area contributed by atoms with Crippen LogP contribution in [0.1, 0.15) is 44.7 Å². The van der Waals surface area contributed by atoms with Gasteiger partial charge in [0.25, 0.3) is 5.41 Å². The number of aryl methyl sites for hydroxylation is 1. The van der Waals surface area contributed by atoms with E-state index in [4.69, 9.17) is 14.2 Å². The third-order valence-corrected chi connectivity index (χ3v) is 4.02. The molecule has 0 radical (unpaired) electrons. The highest BCUT2D eigenvalue weighted by atomic mass is 16.6. The maximum Gasteiger partial charge on any atom is 0.335 e. The van der Waals surface area contributed by atoms with Gasteiger partial charge in [-0.15, -0.1) is 0 Å². The number of carbonyl (C=O) groups excluding carboxylic acids is 3. The molecule has 1 aromatic rings. The van der Waals surface area contributed by atoms with Gasteiger partial charge in [0, 0.05) is 5.92 Å². The first kappa shape index (κ1) is 20.7. The lowest BCUT2D eigenvalue weighted by molar-refractivity contribution is -0.185. The quantitative estimate of drug-likeness (QED) is 0.407. The molecule has 0 saturated heterocycles. The van der Waals surface area contributed by atoms with Crippen molar-refractivity contribution in [3.05, 3.63) is 35.4 Å². The molecule has 0 heterocycles. The molecule has 0 aromatic heterocycles. The van der Waals surface area contributed by atoms with Crippen molar-refractivity contribution in [1.29, 1.82) is 0 Å². The van der Waals surface area contributed by atoms with Gasteiger partial charge in [0.1, 0.15) is 0 Å². The Morgan fingerprint density at radius 3 is 1.52 bits per heavy atom. The number of carbonyl (C=O) groups is 3. The van der Waals surface area contributed by atoms with Crippen molar-refractivity contribution >= 4 is 17.9 Å². The average molecular weight is 350 g/mol. The summed E-state index contributed by atoms with van der Waals surface area (Å²) in [5.41, 5.74) is -0.540. The van der Waals surface area contributed by atoms with Gasteiger partial charge in [0.2, 0.25) is 0 Å². The molecule has 0 aliphatic carbocycles. The third-order valence-electron chi connectivity index (χ3n) is 4.02. The van der Waals surface area contributed by atoms with E-state index >= 15 is 0 Å². The molecule has 0 aliphatic rings. The van der Waals surface area contributed by atoms with E-state index in [1.54, 1.807) is 39.8 Å². The number of hydrogen-bond acceptors (Lipinski definition) is 6. The predicted octanol–water partition coefficient (Wildman–Crippen LogP) is 2.77. The van der Waals surface area contributed by atoms with Crippen LogP contribution in [0.15, 0.2) is 24.3 Å². The van der Waals surface area contributed by atoms with Gasteiger partial charge in [-0.2, -0.15) is 0 Å². The van der Waals surface area contributed by atoms with Crippen LogP contribution in [0.25, 0.3) is 0 Å². The molecule has 1 aromatic carbocycles. The second-order valence-electron chi connectivity index (χ2n) is 5.60. The molecule has 0 fully saturated rings. The van der Waals surface area contributed by atoms with Crippen molar-refractivity contribution < 1.29 is 28.6 Å². The molecule has 0 N–H and O–H groups in total. The van der Waals surface area contributed by atoms with Gasteiger partial charge in [-0.1, -0.05) is 36.8 Å². The van der Waals surface area contributed by atoms with Crippen LogP contribution in [-0.2, 0) is 28.6 Å². The van der Waals surface area contributed by atoms with Crippen LogP contribution in [0, 0.1) is 12.3 Å². The summed E-state index contributed by atoms with van der Waals surface area (Å²) < 4.78 is 15.2. The van der Waals surface area contributed by atoms with E-state index < -0.39 is 29.2 Å². The maximum atomic E-state index is 12.8. The van der Waals surface area contributed by atoms with E-state index in [0.29, 0.717) is 5.56 Å². The van der Waals surface area contributed by atoms with Crippen LogP contribution in [0.5, 0.6) is 0 Å². The summed E-state index contributed by atoms with van der Waals surface area (Å²) in [6, 6.07) is 7.23. The average Bonchev–Trinajstić information content (AvgIpc) is 2.56. The summed E-state index contributed by atoms with van der Waals surface area (Å²) >= 11 is 0. The molecule has 0 spiro atoms. The molecule has 0 saturated carbocycles. The SMILES string of the molecule is CCOC(=O)C(C(=O)OCC)(C(=O)OCC)[C@H](C)c1ccc(C)cc1. The van der Waals surface area contributed by atoms with Gasteiger partial charge in [0.15, 0.2) is 0 Å². The fourth-order valence-corrected chi connectivity index (χ4v) is 2.62. The molecule has 0 amide bonds. The number of esters is 3. The predicted molar refractivity (Wildman–Crippen MR) is 91.9 cm³/mol. The molecule has 1 rings (SSSR count). The highest BCUT2D eigenvalue weighted by Crippen LogP contribution is 2.40. The zero-order valence-corrected chi connectivity index (χ0v) is 15.5. The normalized spacial score (nSPS) is 12.2. The molecule has 0 aliphatic heterocycles. The van der Waals surface area contributed by atoms with Crippen LogP contribution in [0.4, 0.5) is 0 Å². The summed E-state index contributed by atoms with van der Waals surface area (Å²) in [4.78, 5) is 38.3. The second-order valence-corrected chi connectivity index (χ2v) is 5.60. The largest absolute Gasteiger partial charge is 0.465 e. The molecular formula is C19H26O6. The van der Waals surface area contributed by atoms with Crippen LogP contribution in [0.3, 0.4) is 0 Å². The van der Waals surface area contributed by atoms with Gasteiger partial charge >= 0.3 is 17.9 Å². The summed E-state index contributed by atoms with van der Waals surface area (Å²) in [7, 11) is 0. The Labute approximate surface area is 148 Å². The fourth-order valence-electron chi connectivity index (χ4n) is 2.62. The monoisotopic (exact) mass is 350 g/mol. The highest BCUT2D eigenvalue weighted by Gasteiger charge is 2.61. The topological polar surface area (TPSA) is 78.9 Å². The molecule has 138 valence electrons. The minimum absolute atomic E-state index is 0.0278. The van der Waals surface area contributed by atoms with Crippen molar-refractivity contribution in [3.63, 3.8) is 0 Å². The smallest absolute Gasteiger partial charge is 0.335 e. The molecule has 25 heavy (non-hydrogen) atoms. The van der Waals surface area contributed by atoms with Crippen molar-refractivity contribution in [2.75, 3.05) is 19.8 Å². The number of rotatable bonds is 8. The first-order valence-electron chi connectivity index (χ1n) is 8.44. The van der Waals surface area contributed by atoms with E-state index in [2.05, 4.69) is 0 Å².